The van der Waals surface area contributed by atoms with Gasteiger partial charge in [0.1, 0.15) is 5.60 Å². The second kappa shape index (κ2) is 10.4. The molecule has 3 rings (SSSR count). The molecule has 182 valence electrons. The molecule has 0 fully saturated rings. The Morgan fingerprint density at radius 1 is 1.12 bits per heavy atom. The predicted octanol–water partition coefficient (Wildman–Crippen LogP) is 3.62. The van der Waals surface area contributed by atoms with E-state index in [0.717, 1.165) is 5.56 Å². The Bertz CT molecular complexity index is 1240. The molecule has 0 bridgehead atoms. The number of carbonyl (C=O) groups excluding carboxylic acids is 1. The first kappa shape index (κ1) is 25.5. The Morgan fingerprint density at radius 3 is 2.50 bits per heavy atom. The number of rotatable bonds is 8. The van der Waals surface area contributed by atoms with E-state index in [-0.39, 0.29) is 11.4 Å². The van der Waals surface area contributed by atoms with E-state index < -0.39 is 27.8 Å². The van der Waals surface area contributed by atoms with Crippen molar-refractivity contribution in [3.05, 3.63) is 77.8 Å². The average Bonchev–Trinajstić information content (AvgIpc) is 2.75. The number of hydrogen-bond acceptors (Lipinski definition) is 5. The lowest BCUT2D eigenvalue weighted by Gasteiger charge is -2.29. The number of nitrogens with one attached hydrogen (secondary N) is 1. The Balaban J connectivity index is 1.73. The van der Waals surface area contributed by atoms with Crippen LogP contribution in [0.4, 0.5) is 4.79 Å². The van der Waals surface area contributed by atoms with Crippen LogP contribution in [0.15, 0.2) is 71.9 Å². The van der Waals surface area contributed by atoms with Gasteiger partial charge in [-0.25, -0.2) is 17.9 Å². The van der Waals surface area contributed by atoms with Crippen LogP contribution in [-0.4, -0.2) is 44.1 Å². The first-order valence-electron chi connectivity index (χ1n) is 11.1. The van der Waals surface area contributed by atoms with Gasteiger partial charge in [-0.05, 0) is 63.3 Å². The summed E-state index contributed by atoms with van der Waals surface area (Å²) >= 11 is 0. The van der Waals surface area contributed by atoms with Crippen LogP contribution in [-0.2, 0) is 21.2 Å². The Hall–Kier alpha value is -3.17. The molecule has 0 saturated carbocycles. The minimum atomic E-state index is -3.85. The first-order valence-corrected chi connectivity index (χ1v) is 12.6. The first-order chi connectivity index (χ1) is 15.9. The summed E-state index contributed by atoms with van der Waals surface area (Å²) in [7, 11) is -3.85. The molecule has 0 saturated heterocycles. The summed E-state index contributed by atoms with van der Waals surface area (Å²) in [5.41, 5.74) is 0.401. The molecule has 1 aromatic heterocycles. The number of carbonyl (C=O) groups is 1. The highest BCUT2D eigenvalue weighted by molar-refractivity contribution is 7.89. The predicted molar refractivity (Wildman–Crippen MR) is 131 cm³/mol. The lowest BCUT2D eigenvalue weighted by molar-refractivity contribution is -0.603. The van der Waals surface area contributed by atoms with E-state index in [1.165, 1.54) is 29.4 Å². The third-order valence-electron chi connectivity index (χ3n) is 5.05. The van der Waals surface area contributed by atoms with Crippen LogP contribution in [0.2, 0.25) is 0 Å². The topological polar surface area (TPSA) is 103 Å². The number of benzene rings is 2. The van der Waals surface area contributed by atoms with Gasteiger partial charge in [-0.2, -0.15) is 4.73 Å². The molecule has 0 aliphatic heterocycles. The lowest BCUT2D eigenvalue weighted by Crippen LogP contribution is -2.46. The largest absolute Gasteiger partial charge is 0.619 e. The molecule has 0 spiro atoms. The quantitative estimate of drug-likeness (QED) is 0.388. The van der Waals surface area contributed by atoms with Crippen molar-refractivity contribution in [2.75, 3.05) is 13.1 Å². The number of nitrogens with zero attached hydrogens (tertiary/aromatic N) is 2. The highest BCUT2D eigenvalue weighted by Crippen LogP contribution is 2.18. The maximum Gasteiger partial charge on any atom is 0.410 e. The number of fused-ring (bicyclic) bond motifs is 1. The number of pyridine rings is 1. The average molecular weight is 486 g/mol. The highest BCUT2D eigenvalue weighted by atomic mass is 32.2. The normalized spacial score (nSPS) is 12.9. The standard InChI is InChI=1S/C25H31N3O5S/c1-19(26-34(31,32)23-11-10-22-18-28(30)15-13-21(22)16-23)17-27(24(29)33-25(2,3)4)14-12-20-8-6-5-7-9-20/h5-11,13,15-16,18-19,26H,12,14,17H2,1-4H3. The van der Waals surface area contributed by atoms with Gasteiger partial charge in [0.2, 0.25) is 10.0 Å². The van der Waals surface area contributed by atoms with Crippen LogP contribution >= 0.6 is 0 Å². The maximum atomic E-state index is 13.0. The highest BCUT2D eigenvalue weighted by Gasteiger charge is 2.25. The summed E-state index contributed by atoms with van der Waals surface area (Å²) in [5, 5.41) is 12.7. The monoisotopic (exact) mass is 485 g/mol. The molecule has 9 heteroatoms. The van der Waals surface area contributed by atoms with Gasteiger partial charge in [-0.3, -0.25) is 0 Å². The van der Waals surface area contributed by atoms with Crippen LogP contribution in [0.3, 0.4) is 0 Å². The van der Waals surface area contributed by atoms with Crippen LogP contribution in [0, 0.1) is 5.21 Å². The van der Waals surface area contributed by atoms with Crippen LogP contribution in [0.1, 0.15) is 33.3 Å². The van der Waals surface area contributed by atoms with Crippen LogP contribution in [0.5, 0.6) is 0 Å². The molecular formula is C25H31N3O5S. The molecule has 0 aliphatic carbocycles. The van der Waals surface area contributed by atoms with E-state index in [1.54, 1.807) is 39.8 Å². The number of ether oxygens (including phenoxy) is 1. The van der Waals surface area contributed by atoms with Crippen molar-refractivity contribution in [2.45, 2.75) is 50.7 Å². The summed E-state index contributed by atoms with van der Waals surface area (Å²) in [6, 6.07) is 15.3. The smallest absolute Gasteiger partial charge is 0.410 e. The van der Waals surface area contributed by atoms with Gasteiger partial charge in [0.25, 0.3) is 0 Å². The van der Waals surface area contributed by atoms with Gasteiger partial charge in [-0.15, -0.1) is 0 Å². The zero-order valence-electron chi connectivity index (χ0n) is 19.9. The molecule has 0 radical (unpaired) electrons. The molecule has 1 N–H and O–H groups in total. The van der Waals surface area contributed by atoms with Crippen molar-refractivity contribution in [3.63, 3.8) is 0 Å². The summed E-state index contributed by atoms with van der Waals surface area (Å²) < 4.78 is 34.9. The molecule has 1 unspecified atom stereocenters. The molecule has 0 aliphatic rings. The second-order valence-electron chi connectivity index (χ2n) is 9.28. The molecule has 1 heterocycles. The van der Waals surface area contributed by atoms with Crippen LogP contribution in [0.25, 0.3) is 10.8 Å². The zero-order chi connectivity index (χ0) is 24.9. The fourth-order valence-corrected chi connectivity index (χ4v) is 4.78. The van der Waals surface area contributed by atoms with Crippen molar-refractivity contribution in [2.24, 2.45) is 0 Å². The van der Waals surface area contributed by atoms with E-state index >= 15 is 0 Å². The molecule has 34 heavy (non-hydrogen) atoms. The molecule has 8 nitrogen and oxygen atoms in total. The Labute approximate surface area is 200 Å². The molecule has 2 aromatic carbocycles. The van der Waals surface area contributed by atoms with Gasteiger partial charge >= 0.3 is 6.09 Å². The fraction of sp³-hybridized carbons (Fsp3) is 0.360. The second-order valence-corrected chi connectivity index (χ2v) is 11.0. The van der Waals surface area contributed by atoms with E-state index in [4.69, 9.17) is 4.74 Å². The van der Waals surface area contributed by atoms with Gasteiger partial charge in [0.15, 0.2) is 12.4 Å². The number of amides is 1. The summed E-state index contributed by atoms with van der Waals surface area (Å²) in [5.74, 6) is 0. The minimum Gasteiger partial charge on any atom is -0.619 e. The van der Waals surface area contributed by atoms with Gasteiger partial charge in [0.05, 0.1) is 4.90 Å². The Kier molecular flexibility index (Phi) is 7.78. The van der Waals surface area contributed by atoms with E-state index in [9.17, 15) is 18.4 Å². The minimum absolute atomic E-state index is 0.0867. The molecule has 1 atom stereocenters. The van der Waals surface area contributed by atoms with E-state index in [2.05, 4.69) is 4.72 Å². The summed E-state index contributed by atoms with van der Waals surface area (Å²) in [6.07, 6.45) is 2.82. The van der Waals surface area contributed by atoms with Crippen molar-refractivity contribution >= 4 is 26.9 Å². The summed E-state index contributed by atoms with van der Waals surface area (Å²) in [4.78, 5) is 14.4. The maximum absolute atomic E-state index is 13.0. The van der Waals surface area contributed by atoms with E-state index in [1.807, 2.05) is 30.3 Å². The van der Waals surface area contributed by atoms with Gasteiger partial charge in [-0.1, -0.05) is 30.3 Å². The third kappa shape index (κ3) is 7.16. The van der Waals surface area contributed by atoms with Crippen molar-refractivity contribution < 1.29 is 22.7 Å². The van der Waals surface area contributed by atoms with Gasteiger partial charge < -0.3 is 14.8 Å². The number of sulfonamides is 1. The van der Waals surface area contributed by atoms with Crippen molar-refractivity contribution in [1.29, 1.82) is 0 Å². The van der Waals surface area contributed by atoms with Crippen molar-refractivity contribution in [3.8, 4) is 0 Å². The number of hydrogen-bond donors (Lipinski definition) is 1. The van der Waals surface area contributed by atoms with Gasteiger partial charge in [0, 0.05) is 30.6 Å². The summed E-state index contributed by atoms with van der Waals surface area (Å²) in [6.45, 7) is 7.61. The van der Waals surface area contributed by atoms with Crippen LogP contribution < -0.4 is 9.45 Å². The molecule has 1 amide bonds. The molecular weight excluding hydrogens is 454 g/mol. The molecule has 3 aromatic rings. The number of aromatic nitrogens is 1. The van der Waals surface area contributed by atoms with Crippen molar-refractivity contribution in [1.82, 2.24) is 9.62 Å². The van der Waals surface area contributed by atoms with E-state index in [0.29, 0.717) is 28.5 Å². The lowest BCUT2D eigenvalue weighted by atomic mass is 10.1. The third-order valence-corrected chi connectivity index (χ3v) is 6.64. The fourth-order valence-electron chi connectivity index (χ4n) is 3.51. The SMILES string of the molecule is CC(CN(CCc1ccccc1)C(=O)OC(C)(C)C)NS(=O)(=O)c1ccc2c[n+]([O-])ccc2c1. The zero-order valence-corrected chi connectivity index (χ0v) is 20.7. The Morgan fingerprint density at radius 2 is 1.82 bits per heavy atom.